The van der Waals surface area contributed by atoms with Crippen molar-refractivity contribution in [2.24, 2.45) is 0 Å². The first-order valence-electron chi connectivity index (χ1n) is 10.5. The van der Waals surface area contributed by atoms with E-state index in [-0.39, 0.29) is 11.4 Å². The third kappa shape index (κ3) is 6.81. The average Bonchev–Trinajstić information content (AvgIpc) is 2.78. The molecule has 0 unspecified atom stereocenters. The third-order valence-corrected chi connectivity index (χ3v) is 5.01. The normalized spacial score (nSPS) is 11.1. The summed E-state index contributed by atoms with van der Waals surface area (Å²) in [4.78, 5) is 33.4. The van der Waals surface area contributed by atoms with Gasteiger partial charge in [-0.25, -0.2) is 8.78 Å². The van der Waals surface area contributed by atoms with E-state index >= 15 is 0 Å². The Labute approximate surface area is 215 Å². The average molecular weight is 511 g/mol. The SMILES string of the molecule is C/C=C/N(C)C.[B]C([B])(Oc1cc(C)n(-c2cc(C=O)ncc2C)c(=O)c1Cl)c1ncc(F)cc1F. The standard InChI is InChI=1S/C19H12B2ClF2N3O3.C5H11N/c1-9-6-25-12(8-28)5-14(9)27-10(2)3-15(16(22)18(27)29)30-19(20,21)17-13(24)4-11(23)7-26-17;1-4-5-6(2)3/h3-8H,1-2H3;4-5H,1-3H3/b;5-4+. The van der Waals surface area contributed by atoms with Gasteiger partial charge in [-0.05, 0) is 38.6 Å². The Hall–Kier alpha value is -3.46. The van der Waals surface area contributed by atoms with Crippen molar-refractivity contribution in [1.82, 2.24) is 19.4 Å². The molecule has 36 heavy (non-hydrogen) atoms. The number of carbonyl (C=O) groups is 1. The van der Waals surface area contributed by atoms with Crippen LogP contribution in [0.4, 0.5) is 8.78 Å². The maximum absolute atomic E-state index is 14.0. The van der Waals surface area contributed by atoms with E-state index < -0.39 is 33.3 Å². The van der Waals surface area contributed by atoms with Crippen molar-refractivity contribution >= 4 is 33.6 Å². The molecule has 0 aliphatic carbocycles. The summed E-state index contributed by atoms with van der Waals surface area (Å²) in [6.07, 6.45) is 6.71. The van der Waals surface area contributed by atoms with Gasteiger partial charge in [0.15, 0.2) is 6.29 Å². The van der Waals surface area contributed by atoms with Crippen LogP contribution in [0.1, 0.15) is 34.4 Å². The van der Waals surface area contributed by atoms with Crippen molar-refractivity contribution in [1.29, 1.82) is 0 Å². The Morgan fingerprint density at radius 1 is 1.14 bits per heavy atom. The van der Waals surface area contributed by atoms with Crippen molar-refractivity contribution in [3.63, 3.8) is 0 Å². The Kier molecular flexibility index (Phi) is 9.58. The molecular formula is C24H23B2ClF2N4O3. The fourth-order valence-electron chi connectivity index (χ4n) is 3.12. The minimum absolute atomic E-state index is 0.124. The molecule has 0 saturated heterocycles. The van der Waals surface area contributed by atoms with E-state index in [1.54, 1.807) is 13.8 Å². The van der Waals surface area contributed by atoms with E-state index in [1.165, 1.54) is 22.9 Å². The van der Waals surface area contributed by atoms with Gasteiger partial charge < -0.3 is 9.64 Å². The summed E-state index contributed by atoms with van der Waals surface area (Å²) in [6, 6.07) is 3.34. The van der Waals surface area contributed by atoms with E-state index in [0.29, 0.717) is 29.3 Å². The molecule has 3 rings (SSSR count). The van der Waals surface area contributed by atoms with Crippen LogP contribution in [-0.2, 0) is 5.40 Å². The number of aryl methyl sites for hydroxylation is 2. The Balaban J connectivity index is 0.000000678. The number of hydrogen-bond donors (Lipinski definition) is 0. The van der Waals surface area contributed by atoms with Crippen LogP contribution in [0.5, 0.6) is 5.75 Å². The zero-order chi connectivity index (χ0) is 27.2. The molecular weight excluding hydrogens is 487 g/mol. The number of ether oxygens (including phenoxy) is 1. The molecule has 0 bridgehead atoms. The molecule has 0 saturated carbocycles. The van der Waals surface area contributed by atoms with Gasteiger partial charge in [0.05, 0.1) is 17.3 Å². The number of allylic oxidation sites excluding steroid dienone is 1. The lowest BCUT2D eigenvalue weighted by atomic mass is 9.62. The maximum atomic E-state index is 14.0. The second-order valence-electron chi connectivity index (χ2n) is 7.94. The topological polar surface area (TPSA) is 77.3 Å². The number of carbonyl (C=O) groups excluding carboxylic acids is 1. The summed E-state index contributed by atoms with van der Waals surface area (Å²) >= 11 is 6.18. The molecule has 4 radical (unpaired) electrons. The highest BCUT2D eigenvalue weighted by atomic mass is 35.5. The maximum Gasteiger partial charge on any atom is 0.277 e. The fraction of sp³-hybridized carbons (Fsp3) is 0.250. The van der Waals surface area contributed by atoms with Crippen LogP contribution in [0.15, 0.2) is 47.7 Å². The van der Waals surface area contributed by atoms with Gasteiger partial charge in [0.1, 0.15) is 49.5 Å². The van der Waals surface area contributed by atoms with Crippen molar-refractivity contribution in [2.75, 3.05) is 14.1 Å². The van der Waals surface area contributed by atoms with Gasteiger partial charge in [0, 0.05) is 38.1 Å². The molecule has 7 nitrogen and oxygen atoms in total. The van der Waals surface area contributed by atoms with Crippen molar-refractivity contribution < 1.29 is 18.3 Å². The lowest BCUT2D eigenvalue weighted by molar-refractivity contribution is 0.111. The molecule has 0 fully saturated rings. The number of pyridine rings is 3. The Morgan fingerprint density at radius 2 is 1.81 bits per heavy atom. The zero-order valence-corrected chi connectivity index (χ0v) is 21.2. The molecule has 3 aromatic heterocycles. The largest absolute Gasteiger partial charge is 0.499 e. The van der Waals surface area contributed by atoms with Gasteiger partial charge in [0.2, 0.25) is 0 Å². The quantitative estimate of drug-likeness (QED) is 0.373. The fourth-order valence-corrected chi connectivity index (χ4v) is 3.30. The molecule has 3 heterocycles. The zero-order valence-electron chi connectivity index (χ0n) is 20.4. The molecule has 0 amide bonds. The molecule has 0 aromatic carbocycles. The first-order valence-corrected chi connectivity index (χ1v) is 10.9. The van der Waals surface area contributed by atoms with E-state index in [0.717, 1.165) is 6.20 Å². The van der Waals surface area contributed by atoms with Gasteiger partial charge in [-0.3, -0.25) is 24.1 Å². The highest BCUT2D eigenvalue weighted by molar-refractivity contribution is 6.39. The van der Waals surface area contributed by atoms with Crippen LogP contribution < -0.4 is 10.3 Å². The van der Waals surface area contributed by atoms with Crippen molar-refractivity contribution in [3.05, 3.63) is 92.5 Å². The number of rotatable bonds is 6. The molecule has 12 heteroatoms. The Morgan fingerprint density at radius 3 is 2.33 bits per heavy atom. The molecule has 0 N–H and O–H groups in total. The first kappa shape index (κ1) is 28.8. The molecule has 0 aliphatic rings. The minimum Gasteiger partial charge on any atom is -0.499 e. The molecule has 0 aliphatic heterocycles. The van der Waals surface area contributed by atoms with Crippen LogP contribution in [0.3, 0.4) is 0 Å². The third-order valence-electron chi connectivity index (χ3n) is 4.66. The molecule has 0 atom stereocenters. The molecule has 0 spiro atoms. The van der Waals surface area contributed by atoms with Crippen molar-refractivity contribution in [2.45, 2.75) is 26.2 Å². The van der Waals surface area contributed by atoms with Crippen LogP contribution >= 0.6 is 11.6 Å². The van der Waals surface area contributed by atoms with Crippen molar-refractivity contribution in [3.8, 4) is 11.4 Å². The summed E-state index contributed by atoms with van der Waals surface area (Å²) in [5.74, 6) is -2.28. The minimum atomic E-state index is -2.34. The summed E-state index contributed by atoms with van der Waals surface area (Å²) in [5, 5.41) is -2.74. The number of halogens is 3. The number of aldehydes is 1. The van der Waals surface area contributed by atoms with E-state index in [9.17, 15) is 18.4 Å². The van der Waals surface area contributed by atoms with E-state index in [4.69, 9.17) is 32.0 Å². The van der Waals surface area contributed by atoms with Crippen LogP contribution in [-0.4, -0.2) is 55.5 Å². The number of aromatic nitrogens is 3. The van der Waals surface area contributed by atoms with Gasteiger partial charge >= 0.3 is 0 Å². The molecule has 3 aromatic rings. The number of hydrogen-bond acceptors (Lipinski definition) is 6. The smallest absolute Gasteiger partial charge is 0.277 e. The monoisotopic (exact) mass is 510 g/mol. The van der Waals surface area contributed by atoms with E-state index in [2.05, 4.69) is 9.97 Å². The summed E-state index contributed by atoms with van der Waals surface area (Å²) in [7, 11) is 15.6. The summed E-state index contributed by atoms with van der Waals surface area (Å²) in [6.45, 7) is 5.28. The van der Waals surface area contributed by atoms with Crippen LogP contribution in [0.25, 0.3) is 5.69 Å². The van der Waals surface area contributed by atoms with Gasteiger partial charge in [-0.1, -0.05) is 17.7 Å². The van der Waals surface area contributed by atoms with Gasteiger partial charge in [-0.15, -0.1) is 0 Å². The first-order chi connectivity index (χ1) is 16.8. The molecule has 184 valence electrons. The predicted octanol–water partition coefficient (Wildman–Crippen LogP) is 3.60. The van der Waals surface area contributed by atoms with E-state index in [1.807, 2.05) is 38.2 Å². The lowest BCUT2D eigenvalue weighted by Crippen LogP contribution is -2.37. The highest BCUT2D eigenvalue weighted by Gasteiger charge is 2.29. The second kappa shape index (κ2) is 12.0. The predicted molar refractivity (Wildman–Crippen MR) is 136 cm³/mol. The second-order valence-corrected chi connectivity index (χ2v) is 8.32. The summed E-state index contributed by atoms with van der Waals surface area (Å²) < 4.78 is 33.8. The van der Waals surface area contributed by atoms with Gasteiger partial charge in [0.25, 0.3) is 5.56 Å². The lowest BCUT2D eigenvalue weighted by Gasteiger charge is -2.28. The number of nitrogens with zero attached hydrogens (tertiary/aromatic N) is 4. The Bertz CT molecular complexity index is 1350. The van der Waals surface area contributed by atoms with Gasteiger partial charge in [-0.2, -0.15) is 0 Å². The van der Waals surface area contributed by atoms with Crippen LogP contribution in [0.2, 0.25) is 5.02 Å². The highest BCUT2D eigenvalue weighted by Crippen LogP contribution is 2.30. The van der Waals surface area contributed by atoms with Crippen LogP contribution in [0, 0.1) is 25.5 Å². The summed E-state index contributed by atoms with van der Waals surface area (Å²) in [5.41, 5.74) is 0.206.